The van der Waals surface area contributed by atoms with Crippen LogP contribution in [0.15, 0.2) is 54.6 Å². The number of benzene rings is 1. The van der Waals surface area contributed by atoms with Gasteiger partial charge in [0.15, 0.2) is 11.3 Å². The number of likely N-dealkylation sites (tertiary alicyclic amines) is 2. The fraction of sp³-hybridized carbons (Fsp3) is 0.444. The van der Waals surface area contributed by atoms with Crippen molar-refractivity contribution in [3.8, 4) is 17.5 Å². The van der Waals surface area contributed by atoms with Crippen molar-refractivity contribution >= 4 is 45.6 Å². The summed E-state index contributed by atoms with van der Waals surface area (Å²) in [6.07, 6.45) is 6.28. The third-order valence-corrected chi connectivity index (χ3v) is 10.1. The quantitative estimate of drug-likeness (QED) is 0.162. The van der Waals surface area contributed by atoms with E-state index >= 15 is 0 Å². The first kappa shape index (κ1) is 32.1. The van der Waals surface area contributed by atoms with Crippen molar-refractivity contribution in [3.05, 3.63) is 54.6 Å². The van der Waals surface area contributed by atoms with E-state index in [9.17, 15) is 0 Å². The molecule has 1 aliphatic carbocycles. The van der Waals surface area contributed by atoms with Gasteiger partial charge in [-0.25, -0.2) is 0 Å². The van der Waals surface area contributed by atoms with Crippen molar-refractivity contribution in [1.29, 1.82) is 0 Å². The molecule has 8 rings (SSSR count). The van der Waals surface area contributed by atoms with Gasteiger partial charge in [-0.2, -0.15) is 29.9 Å². The molecule has 0 unspecified atom stereocenters. The Morgan fingerprint density at radius 3 is 1.86 bits per heavy atom. The molecule has 1 aromatic carbocycles. The molecule has 0 atom stereocenters. The fourth-order valence-electron chi connectivity index (χ4n) is 7.13. The van der Waals surface area contributed by atoms with Crippen LogP contribution in [-0.2, 0) is 0 Å². The molecule has 14 heteroatoms. The Kier molecular flexibility index (Phi) is 9.02. The number of nitrogen functional groups attached to an aromatic ring is 2. The molecule has 0 bridgehead atoms. The maximum atomic E-state index is 6.29. The number of piperidine rings is 2. The van der Waals surface area contributed by atoms with E-state index in [1.54, 1.807) is 6.07 Å². The summed E-state index contributed by atoms with van der Waals surface area (Å²) in [6, 6.07) is 17.6. The van der Waals surface area contributed by atoms with Crippen LogP contribution < -0.4 is 31.6 Å². The molecular formula is C36H44N12O2. The zero-order valence-corrected chi connectivity index (χ0v) is 28.3. The van der Waals surface area contributed by atoms with Gasteiger partial charge in [-0.3, -0.25) is 0 Å². The number of ether oxygens (including phenoxy) is 2. The zero-order valence-electron chi connectivity index (χ0n) is 28.3. The highest BCUT2D eigenvalue weighted by Crippen LogP contribution is 2.33. The number of anilines is 4. The minimum atomic E-state index is 0.155. The lowest BCUT2D eigenvalue weighted by Gasteiger charge is -2.40. The van der Waals surface area contributed by atoms with Gasteiger partial charge in [0.2, 0.25) is 23.7 Å². The Balaban J connectivity index is 0.802. The molecule has 0 spiro atoms. The summed E-state index contributed by atoms with van der Waals surface area (Å²) >= 11 is 0. The summed E-state index contributed by atoms with van der Waals surface area (Å²) in [5.41, 5.74) is 13.6. The Hall–Kier alpha value is -5.08. The predicted molar refractivity (Wildman–Crippen MR) is 194 cm³/mol. The fourth-order valence-corrected chi connectivity index (χ4v) is 7.13. The number of aromatic nitrogens is 6. The summed E-state index contributed by atoms with van der Waals surface area (Å²) in [7, 11) is 2.15. The molecule has 4 aromatic heterocycles. The third-order valence-electron chi connectivity index (χ3n) is 10.1. The van der Waals surface area contributed by atoms with E-state index in [2.05, 4.69) is 52.4 Å². The number of rotatable bonds is 10. The lowest BCUT2D eigenvalue weighted by Crippen LogP contribution is -2.45. The van der Waals surface area contributed by atoms with Crippen LogP contribution in [0.5, 0.6) is 17.5 Å². The maximum absolute atomic E-state index is 6.29. The first-order chi connectivity index (χ1) is 24.4. The van der Waals surface area contributed by atoms with Crippen molar-refractivity contribution in [2.24, 2.45) is 5.92 Å². The molecule has 50 heavy (non-hydrogen) atoms. The monoisotopic (exact) mass is 676 g/mol. The molecule has 2 aliphatic heterocycles. The number of nitrogens with two attached hydrogens (primary N) is 2. The lowest BCUT2D eigenvalue weighted by atomic mass is 9.81. The van der Waals surface area contributed by atoms with E-state index in [-0.39, 0.29) is 12.1 Å². The summed E-state index contributed by atoms with van der Waals surface area (Å²) < 4.78 is 12.2. The van der Waals surface area contributed by atoms with E-state index < -0.39 is 0 Å². The summed E-state index contributed by atoms with van der Waals surface area (Å²) in [5, 5.41) is 8.40. The van der Waals surface area contributed by atoms with Crippen LogP contribution in [0, 0.1) is 5.92 Å². The Morgan fingerprint density at radius 1 is 0.680 bits per heavy atom. The number of nitrogens with zero attached hydrogens (tertiary/aromatic N) is 8. The first-order valence-corrected chi connectivity index (χ1v) is 17.6. The zero-order chi connectivity index (χ0) is 34.0. The first-order valence-electron chi connectivity index (χ1n) is 17.6. The van der Waals surface area contributed by atoms with Gasteiger partial charge in [-0.1, -0.05) is 18.2 Å². The molecule has 0 radical (unpaired) electrons. The van der Waals surface area contributed by atoms with Crippen LogP contribution in [0.4, 0.5) is 23.5 Å². The molecular weight excluding hydrogens is 632 g/mol. The van der Waals surface area contributed by atoms with E-state index in [1.165, 1.54) is 0 Å². The third kappa shape index (κ3) is 7.41. The van der Waals surface area contributed by atoms with Gasteiger partial charge in [0.25, 0.3) is 0 Å². The van der Waals surface area contributed by atoms with Gasteiger partial charge in [-0.05, 0) is 88.8 Å². The normalized spacial score (nSPS) is 20.8. The van der Waals surface area contributed by atoms with E-state index in [4.69, 9.17) is 25.9 Å². The molecule has 6 heterocycles. The second-order valence-electron chi connectivity index (χ2n) is 13.8. The van der Waals surface area contributed by atoms with Gasteiger partial charge in [0.05, 0.1) is 10.8 Å². The Morgan fingerprint density at radius 2 is 1.24 bits per heavy atom. The van der Waals surface area contributed by atoms with Crippen molar-refractivity contribution < 1.29 is 9.47 Å². The van der Waals surface area contributed by atoms with Crippen LogP contribution in [0.2, 0.25) is 0 Å². The lowest BCUT2D eigenvalue weighted by molar-refractivity contribution is 0.0357. The number of nitrogens with one attached hydrogen (secondary N) is 2. The van der Waals surface area contributed by atoms with Crippen molar-refractivity contribution in [2.75, 3.05) is 61.9 Å². The van der Waals surface area contributed by atoms with Crippen LogP contribution in [0.1, 0.15) is 38.5 Å². The van der Waals surface area contributed by atoms with Gasteiger partial charge in [0.1, 0.15) is 23.5 Å². The predicted octanol–water partition coefficient (Wildman–Crippen LogP) is 4.56. The van der Waals surface area contributed by atoms with Crippen LogP contribution >= 0.6 is 0 Å². The minimum absolute atomic E-state index is 0.155. The Labute approximate surface area is 291 Å². The smallest absolute Gasteiger partial charge is 0.226 e. The van der Waals surface area contributed by atoms with E-state index in [1.807, 2.05) is 48.5 Å². The summed E-state index contributed by atoms with van der Waals surface area (Å²) in [4.78, 5) is 32.5. The van der Waals surface area contributed by atoms with Crippen LogP contribution in [-0.4, -0.2) is 97.7 Å². The molecule has 14 nitrogen and oxygen atoms in total. The molecule has 3 fully saturated rings. The average Bonchev–Trinajstić information content (AvgIpc) is 3.09. The molecule has 1 saturated carbocycles. The molecule has 5 aromatic rings. The van der Waals surface area contributed by atoms with Gasteiger partial charge in [0, 0.05) is 43.9 Å². The number of fused-ring (bicyclic) bond motifs is 2. The number of hydrogen-bond donors (Lipinski definition) is 4. The maximum Gasteiger partial charge on any atom is 0.226 e. The summed E-state index contributed by atoms with van der Waals surface area (Å²) in [6.45, 7) is 5.20. The number of hydrogen-bond acceptors (Lipinski definition) is 14. The van der Waals surface area contributed by atoms with Crippen LogP contribution in [0.25, 0.3) is 22.1 Å². The highest BCUT2D eigenvalue weighted by molar-refractivity contribution is 5.87. The molecule has 3 aliphatic rings. The average molecular weight is 677 g/mol. The van der Waals surface area contributed by atoms with Crippen LogP contribution in [0.3, 0.4) is 0 Å². The standard InChI is InChI=1S/C36H44N12O2/c1-47-15-11-23(12-16-47)39-35-43-32(38)28-8-10-30(42-34(28)46-35)50-26-19-22(20-26)21-48-17-13-24(14-18-48)40-36-44-31(37)27-7-9-29(41-33(27)45-36)49-25-5-3-2-4-6-25/h2-10,22-24,26H,11-21H2,1H3,(H3,37,40,41,44,45)(H3,38,39,42,43,46). The molecule has 260 valence electrons. The largest absolute Gasteiger partial charge is 0.474 e. The van der Waals surface area contributed by atoms with Gasteiger partial charge in [-0.15, -0.1) is 0 Å². The highest BCUT2D eigenvalue weighted by Gasteiger charge is 2.33. The SMILES string of the molecule is CN1CCC(Nc2nc(N)c3ccc(OC4CC(CN5CCC(Nc6nc(N)c7ccc(Oc8ccccc8)nc7n6)CC5)C4)nc3n2)CC1. The molecule has 2 saturated heterocycles. The number of para-hydroxylation sites is 1. The van der Waals surface area contributed by atoms with E-state index in [0.29, 0.717) is 69.7 Å². The minimum Gasteiger partial charge on any atom is -0.474 e. The van der Waals surface area contributed by atoms with E-state index in [0.717, 1.165) is 76.6 Å². The van der Waals surface area contributed by atoms with Crippen molar-refractivity contribution in [1.82, 2.24) is 39.7 Å². The highest BCUT2D eigenvalue weighted by atomic mass is 16.5. The second-order valence-corrected chi connectivity index (χ2v) is 13.8. The Bertz CT molecular complexity index is 1940. The van der Waals surface area contributed by atoms with Gasteiger partial charge < -0.3 is 41.4 Å². The summed E-state index contributed by atoms with van der Waals surface area (Å²) in [5.74, 6) is 4.23. The van der Waals surface area contributed by atoms with Gasteiger partial charge >= 0.3 is 0 Å². The molecule has 6 N–H and O–H groups in total. The molecule has 0 amide bonds. The number of pyridine rings is 2. The second kappa shape index (κ2) is 14.0. The van der Waals surface area contributed by atoms with Crippen molar-refractivity contribution in [2.45, 2.75) is 56.7 Å². The van der Waals surface area contributed by atoms with Crippen molar-refractivity contribution in [3.63, 3.8) is 0 Å². The topological polar surface area (TPSA) is 178 Å².